The Balaban J connectivity index is 1.59. The normalized spacial score (nSPS) is 13.7. The zero-order chi connectivity index (χ0) is 20.1. The molecule has 0 bridgehead atoms. The number of rotatable bonds is 3. The van der Waals surface area contributed by atoms with Crippen LogP contribution in [-0.2, 0) is 19.4 Å². The van der Waals surface area contributed by atoms with Crippen molar-refractivity contribution in [3.8, 4) is 11.5 Å². The third-order valence-corrected chi connectivity index (χ3v) is 5.86. The number of aromatic nitrogens is 3. The van der Waals surface area contributed by atoms with Gasteiger partial charge in [0.25, 0.3) is 5.56 Å². The molecule has 4 aromatic heterocycles. The molecule has 4 heterocycles. The van der Waals surface area contributed by atoms with Crippen molar-refractivity contribution in [2.45, 2.75) is 32.2 Å². The molecule has 0 saturated heterocycles. The van der Waals surface area contributed by atoms with Crippen molar-refractivity contribution in [3.05, 3.63) is 82.1 Å². The van der Waals surface area contributed by atoms with Gasteiger partial charge in [0.05, 0.1) is 24.5 Å². The van der Waals surface area contributed by atoms with Crippen molar-refractivity contribution < 1.29 is 8.83 Å². The Morgan fingerprint density at radius 2 is 1.83 bits per heavy atom. The predicted octanol–water partition coefficient (Wildman–Crippen LogP) is 4.72. The zero-order valence-electron chi connectivity index (χ0n) is 16.3. The monoisotopic (exact) mass is 397 g/mol. The van der Waals surface area contributed by atoms with E-state index in [-0.39, 0.29) is 11.1 Å². The molecular formula is C24H19N3O3. The van der Waals surface area contributed by atoms with Gasteiger partial charge < -0.3 is 8.83 Å². The van der Waals surface area contributed by atoms with Crippen LogP contribution < -0.4 is 5.56 Å². The Labute approximate surface area is 171 Å². The largest absolute Gasteiger partial charge is 0.463 e. The fourth-order valence-electron chi connectivity index (χ4n) is 4.46. The summed E-state index contributed by atoms with van der Waals surface area (Å²) in [6.07, 6.45) is 7.33. The average molecular weight is 397 g/mol. The van der Waals surface area contributed by atoms with E-state index in [2.05, 4.69) is 4.98 Å². The van der Waals surface area contributed by atoms with Crippen LogP contribution in [0.1, 0.15) is 29.5 Å². The molecule has 6 nitrogen and oxygen atoms in total. The summed E-state index contributed by atoms with van der Waals surface area (Å²) < 4.78 is 13.2. The van der Waals surface area contributed by atoms with Gasteiger partial charge in [-0.3, -0.25) is 9.36 Å². The summed E-state index contributed by atoms with van der Waals surface area (Å²) in [6, 6.07) is 13.6. The summed E-state index contributed by atoms with van der Waals surface area (Å²) in [4.78, 5) is 22.6. The van der Waals surface area contributed by atoms with Crippen LogP contribution in [0, 0.1) is 0 Å². The minimum Gasteiger partial charge on any atom is -0.463 e. The highest BCUT2D eigenvalue weighted by atomic mass is 16.3. The maximum absolute atomic E-state index is 13.2. The Morgan fingerprint density at radius 3 is 2.63 bits per heavy atom. The first-order valence-electron chi connectivity index (χ1n) is 10.2. The van der Waals surface area contributed by atoms with Crippen LogP contribution >= 0.6 is 0 Å². The maximum atomic E-state index is 13.2. The third kappa shape index (κ3) is 2.60. The number of nitrogens with zero attached hydrogens (tertiary/aromatic N) is 3. The van der Waals surface area contributed by atoms with Crippen LogP contribution in [0.2, 0.25) is 0 Å². The van der Waals surface area contributed by atoms with Crippen LogP contribution in [0.5, 0.6) is 0 Å². The molecule has 0 atom stereocenters. The lowest BCUT2D eigenvalue weighted by Crippen LogP contribution is -2.20. The quantitative estimate of drug-likeness (QED) is 0.440. The molecule has 0 amide bonds. The van der Waals surface area contributed by atoms with E-state index in [1.807, 2.05) is 42.5 Å². The van der Waals surface area contributed by atoms with Crippen LogP contribution in [0.4, 0.5) is 0 Å². The van der Waals surface area contributed by atoms with Crippen molar-refractivity contribution in [3.63, 3.8) is 0 Å². The summed E-state index contributed by atoms with van der Waals surface area (Å²) in [5.41, 5.74) is 5.35. The number of hydrogen-bond acceptors (Lipinski definition) is 5. The molecule has 30 heavy (non-hydrogen) atoms. The maximum Gasteiger partial charge on any atom is 0.297 e. The average Bonchev–Trinajstić information content (AvgIpc) is 3.44. The lowest BCUT2D eigenvalue weighted by atomic mass is 9.88. The van der Waals surface area contributed by atoms with E-state index in [9.17, 15) is 4.79 Å². The molecule has 0 saturated carbocycles. The summed E-state index contributed by atoms with van der Waals surface area (Å²) in [7, 11) is 0. The second kappa shape index (κ2) is 6.69. The van der Waals surface area contributed by atoms with Gasteiger partial charge in [-0.2, -0.15) is 0 Å². The van der Waals surface area contributed by atoms with Gasteiger partial charge in [-0.05, 0) is 54.5 Å². The van der Waals surface area contributed by atoms with Gasteiger partial charge in [-0.15, -0.1) is 0 Å². The zero-order valence-corrected chi connectivity index (χ0v) is 16.3. The van der Waals surface area contributed by atoms with E-state index in [0.717, 1.165) is 48.1 Å². The fourth-order valence-corrected chi connectivity index (χ4v) is 4.46. The highest BCUT2D eigenvalue weighted by Crippen LogP contribution is 2.38. The van der Waals surface area contributed by atoms with Crippen molar-refractivity contribution in [2.75, 3.05) is 0 Å². The van der Waals surface area contributed by atoms with Crippen molar-refractivity contribution >= 4 is 22.2 Å². The van der Waals surface area contributed by atoms with Crippen LogP contribution in [0.25, 0.3) is 33.7 Å². The second-order valence-corrected chi connectivity index (χ2v) is 7.73. The molecular weight excluding hydrogens is 378 g/mol. The highest BCUT2D eigenvalue weighted by molar-refractivity contribution is 6.04. The summed E-state index contributed by atoms with van der Waals surface area (Å²) >= 11 is 0. The number of fused-ring (bicyclic) bond motifs is 5. The number of benzene rings is 1. The lowest BCUT2D eigenvalue weighted by Gasteiger charge is -2.18. The van der Waals surface area contributed by atoms with Gasteiger partial charge in [0.1, 0.15) is 11.2 Å². The number of aryl methyl sites for hydroxylation is 1. The molecule has 0 aliphatic heterocycles. The van der Waals surface area contributed by atoms with Crippen molar-refractivity contribution in [1.29, 1.82) is 0 Å². The van der Waals surface area contributed by atoms with Crippen LogP contribution in [0.3, 0.4) is 0 Å². The molecule has 0 radical (unpaired) electrons. The molecule has 0 spiro atoms. The van der Waals surface area contributed by atoms with E-state index < -0.39 is 0 Å². The first-order chi connectivity index (χ1) is 14.8. The molecule has 6 rings (SSSR count). The van der Waals surface area contributed by atoms with Gasteiger partial charge in [-0.25, -0.2) is 9.97 Å². The topological polar surface area (TPSA) is 74.1 Å². The SMILES string of the molecule is O=c1c2oc3nc(-c4ccco4)c4c(c3c2ncn1Cc1ccccc1)CCCC4. The minimum absolute atomic E-state index is 0.189. The van der Waals surface area contributed by atoms with Crippen LogP contribution in [0.15, 0.2) is 68.7 Å². The summed E-state index contributed by atoms with van der Waals surface area (Å²) in [6.45, 7) is 0.447. The Bertz CT molecular complexity index is 1430. The molecule has 1 aliphatic carbocycles. The minimum atomic E-state index is -0.189. The van der Waals surface area contributed by atoms with Gasteiger partial charge >= 0.3 is 0 Å². The third-order valence-electron chi connectivity index (χ3n) is 5.86. The molecule has 148 valence electrons. The second-order valence-electron chi connectivity index (χ2n) is 7.73. The molecule has 0 N–H and O–H groups in total. The predicted molar refractivity (Wildman–Crippen MR) is 113 cm³/mol. The Morgan fingerprint density at radius 1 is 1.00 bits per heavy atom. The first-order valence-corrected chi connectivity index (χ1v) is 10.2. The standard InChI is InChI=1S/C24H19N3O3/c28-24-22-21(25-14-27(24)13-15-7-2-1-3-8-15)19-16-9-4-5-10-17(16)20(26-23(19)30-22)18-11-6-12-29-18/h1-3,6-8,11-12,14H,4-5,9-10,13H2. The fraction of sp³-hybridized carbons (Fsp3) is 0.208. The van der Waals surface area contributed by atoms with Gasteiger partial charge in [0.15, 0.2) is 5.76 Å². The summed E-state index contributed by atoms with van der Waals surface area (Å²) in [5, 5.41) is 0.874. The van der Waals surface area contributed by atoms with Gasteiger partial charge in [0.2, 0.25) is 11.3 Å². The lowest BCUT2D eigenvalue weighted by molar-refractivity contribution is 0.575. The smallest absolute Gasteiger partial charge is 0.297 e. The molecule has 1 aromatic carbocycles. The van der Waals surface area contributed by atoms with E-state index in [1.165, 1.54) is 11.1 Å². The van der Waals surface area contributed by atoms with E-state index in [4.69, 9.17) is 13.8 Å². The first kappa shape index (κ1) is 17.2. The van der Waals surface area contributed by atoms with E-state index in [1.54, 1.807) is 17.2 Å². The number of pyridine rings is 1. The van der Waals surface area contributed by atoms with Gasteiger partial charge in [-0.1, -0.05) is 30.3 Å². The molecule has 6 heteroatoms. The summed E-state index contributed by atoms with van der Waals surface area (Å²) in [5.74, 6) is 0.727. The molecule has 1 aliphatic rings. The Hall–Kier alpha value is -3.67. The highest BCUT2D eigenvalue weighted by Gasteiger charge is 2.25. The Kier molecular flexibility index (Phi) is 3.84. The molecule has 0 fully saturated rings. The van der Waals surface area contributed by atoms with Crippen molar-refractivity contribution in [1.82, 2.24) is 14.5 Å². The van der Waals surface area contributed by atoms with Gasteiger partial charge in [0, 0.05) is 0 Å². The molecule has 5 aromatic rings. The molecule has 0 unspecified atom stereocenters. The van der Waals surface area contributed by atoms with Crippen molar-refractivity contribution in [2.24, 2.45) is 0 Å². The van der Waals surface area contributed by atoms with E-state index in [0.29, 0.717) is 17.8 Å². The number of hydrogen-bond donors (Lipinski definition) is 0. The van der Waals surface area contributed by atoms with Crippen LogP contribution in [-0.4, -0.2) is 14.5 Å². The van der Waals surface area contributed by atoms with E-state index >= 15 is 0 Å². The number of furan rings is 2.